The van der Waals surface area contributed by atoms with E-state index in [0.717, 1.165) is 12.8 Å². The predicted molar refractivity (Wildman–Crippen MR) is 67.4 cm³/mol. The van der Waals surface area contributed by atoms with Crippen LogP contribution in [0, 0.1) is 22.7 Å². The molecule has 1 rings (SSSR count). The monoisotopic (exact) mass is 251 g/mol. The first-order chi connectivity index (χ1) is 8.36. The Hall–Kier alpha value is -1.57. The normalized spacial score (nSPS) is 17.1. The molecule has 1 aliphatic rings. The largest absolute Gasteiger partial charge is 0.335 e. The van der Waals surface area contributed by atoms with Crippen molar-refractivity contribution in [3.63, 3.8) is 0 Å². The molecular weight excluding hydrogens is 230 g/mol. The molecule has 1 N–H and O–H groups in total. The van der Waals surface area contributed by atoms with Crippen LogP contribution in [0.2, 0.25) is 0 Å². The van der Waals surface area contributed by atoms with E-state index in [0.29, 0.717) is 19.0 Å². The lowest BCUT2D eigenvalue weighted by Crippen LogP contribution is -2.47. The predicted octanol–water partition coefficient (Wildman–Crippen LogP) is 0.911. The molecule has 0 aromatic carbocycles. The van der Waals surface area contributed by atoms with Crippen LogP contribution in [0.4, 0.5) is 0 Å². The van der Waals surface area contributed by atoms with Gasteiger partial charge < -0.3 is 10.2 Å². The molecule has 0 aromatic rings. The van der Waals surface area contributed by atoms with Crippen LogP contribution in [-0.4, -0.2) is 36.3 Å². The van der Waals surface area contributed by atoms with E-state index in [1.165, 1.54) is 0 Å². The minimum Gasteiger partial charge on any atom is -0.335 e. The van der Waals surface area contributed by atoms with Crippen LogP contribution in [0.25, 0.3) is 0 Å². The van der Waals surface area contributed by atoms with Gasteiger partial charge >= 0.3 is 11.8 Å². The van der Waals surface area contributed by atoms with Gasteiger partial charge in [0.25, 0.3) is 0 Å². The highest BCUT2D eigenvalue weighted by atomic mass is 16.2. The van der Waals surface area contributed by atoms with Crippen LogP contribution in [0.3, 0.4) is 0 Å². The minimum absolute atomic E-state index is 0.122. The average molecular weight is 251 g/mol. The Morgan fingerprint density at radius 2 is 1.89 bits per heavy atom. The van der Waals surface area contributed by atoms with E-state index >= 15 is 0 Å². The Kier molecular flexibility index (Phi) is 4.71. The molecule has 2 amide bonds. The van der Waals surface area contributed by atoms with Gasteiger partial charge in [0, 0.05) is 13.1 Å². The summed E-state index contributed by atoms with van der Waals surface area (Å²) in [5, 5.41) is 10.6. The number of hydrogen-bond acceptors (Lipinski definition) is 3. The fourth-order valence-corrected chi connectivity index (χ4v) is 2.29. The number of piperidine rings is 1. The summed E-state index contributed by atoms with van der Waals surface area (Å²) in [6.45, 7) is 7.74. The van der Waals surface area contributed by atoms with Gasteiger partial charge in [-0.05, 0) is 24.2 Å². The molecule has 0 saturated carbocycles. The molecule has 18 heavy (non-hydrogen) atoms. The van der Waals surface area contributed by atoms with E-state index < -0.39 is 11.8 Å². The van der Waals surface area contributed by atoms with Gasteiger partial charge in [0.2, 0.25) is 0 Å². The lowest BCUT2D eigenvalue weighted by molar-refractivity contribution is -0.147. The Labute approximate surface area is 108 Å². The second kappa shape index (κ2) is 5.85. The highest BCUT2D eigenvalue weighted by Crippen LogP contribution is 2.34. The summed E-state index contributed by atoms with van der Waals surface area (Å²) in [6.07, 6.45) is 1.86. The molecule has 5 heteroatoms. The molecule has 0 aromatic heterocycles. The first kappa shape index (κ1) is 14.5. The van der Waals surface area contributed by atoms with Crippen LogP contribution in [0.1, 0.15) is 33.6 Å². The lowest BCUT2D eigenvalue weighted by atomic mass is 9.75. The molecule has 0 bridgehead atoms. The molecule has 5 nitrogen and oxygen atoms in total. The summed E-state index contributed by atoms with van der Waals surface area (Å²) in [6, 6.07) is 1.78. The number of hydrogen-bond donors (Lipinski definition) is 1. The van der Waals surface area contributed by atoms with Gasteiger partial charge in [-0.1, -0.05) is 20.8 Å². The summed E-state index contributed by atoms with van der Waals surface area (Å²) in [7, 11) is 0. The fraction of sp³-hybridized carbons (Fsp3) is 0.769. The van der Waals surface area contributed by atoms with Crippen molar-refractivity contribution in [3.8, 4) is 6.07 Å². The van der Waals surface area contributed by atoms with Gasteiger partial charge in [-0.2, -0.15) is 5.26 Å². The van der Waals surface area contributed by atoms with Crippen LogP contribution >= 0.6 is 0 Å². The van der Waals surface area contributed by atoms with E-state index in [-0.39, 0.29) is 12.0 Å². The number of carbonyl (C=O) groups excluding carboxylic acids is 2. The Balaban J connectivity index is 2.46. The standard InChI is InChI=1S/C13H21N3O2/c1-13(2,3)10-4-8-16(9-5-10)12(18)11(17)15-7-6-14/h10H,4-5,7-9H2,1-3H3,(H,15,17). The smallest absolute Gasteiger partial charge is 0.311 e. The van der Waals surface area contributed by atoms with Crippen molar-refractivity contribution in [1.82, 2.24) is 10.2 Å². The molecule has 0 spiro atoms. The number of nitrogens with one attached hydrogen (secondary N) is 1. The fourth-order valence-electron chi connectivity index (χ4n) is 2.29. The average Bonchev–Trinajstić information content (AvgIpc) is 2.34. The second-order valence-corrected chi connectivity index (χ2v) is 5.77. The molecule has 100 valence electrons. The third-order valence-electron chi connectivity index (χ3n) is 3.53. The first-order valence-corrected chi connectivity index (χ1v) is 6.30. The first-order valence-electron chi connectivity index (χ1n) is 6.30. The Morgan fingerprint density at radius 1 is 1.33 bits per heavy atom. The van der Waals surface area contributed by atoms with Crippen molar-refractivity contribution in [2.45, 2.75) is 33.6 Å². The van der Waals surface area contributed by atoms with Crippen molar-refractivity contribution in [2.75, 3.05) is 19.6 Å². The third kappa shape index (κ3) is 3.73. The summed E-state index contributed by atoms with van der Waals surface area (Å²) in [4.78, 5) is 24.8. The number of likely N-dealkylation sites (tertiary alicyclic amines) is 1. The van der Waals surface area contributed by atoms with Gasteiger partial charge in [0.05, 0.1) is 6.07 Å². The minimum atomic E-state index is -0.675. The van der Waals surface area contributed by atoms with Crippen LogP contribution in [0.5, 0.6) is 0 Å². The highest BCUT2D eigenvalue weighted by Gasteiger charge is 2.32. The SMILES string of the molecule is CC(C)(C)C1CCN(C(=O)C(=O)NCC#N)CC1. The third-order valence-corrected chi connectivity index (χ3v) is 3.53. The van der Waals surface area contributed by atoms with E-state index in [9.17, 15) is 9.59 Å². The summed E-state index contributed by atoms with van der Waals surface area (Å²) in [5.41, 5.74) is 0.248. The van der Waals surface area contributed by atoms with Gasteiger partial charge in [0.1, 0.15) is 6.54 Å². The van der Waals surface area contributed by atoms with Crippen molar-refractivity contribution in [2.24, 2.45) is 11.3 Å². The van der Waals surface area contributed by atoms with Gasteiger partial charge in [-0.25, -0.2) is 0 Å². The number of nitriles is 1. The van der Waals surface area contributed by atoms with E-state index in [2.05, 4.69) is 26.1 Å². The van der Waals surface area contributed by atoms with E-state index in [4.69, 9.17) is 5.26 Å². The maximum absolute atomic E-state index is 11.8. The Bertz CT molecular complexity index is 357. The van der Waals surface area contributed by atoms with Crippen LogP contribution in [-0.2, 0) is 9.59 Å². The number of carbonyl (C=O) groups is 2. The Morgan fingerprint density at radius 3 is 2.33 bits per heavy atom. The topological polar surface area (TPSA) is 73.2 Å². The van der Waals surface area contributed by atoms with Gasteiger partial charge in [-0.15, -0.1) is 0 Å². The zero-order valence-electron chi connectivity index (χ0n) is 11.3. The zero-order chi connectivity index (χ0) is 13.8. The summed E-state index contributed by atoms with van der Waals surface area (Å²) < 4.78 is 0. The van der Waals surface area contributed by atoms with E-state index in [1.54, 1.807) is 11.0 Å². The van der Waals surface area contributed by atoms with Gasteiger partial charge in [0.15, 0.2) is 0 Å². The highest BCUT2D eigenvalue weighted by molar-refractivity contribution is 6.35. The molecule has 1 saturated heterocycles. The quantitative estimate of drug-likeness (QED) is 0.556. The molecule has 0 atom stereocenters. The van der Waals surface area contributed by atoms with Crippen LogP contribution in [0.15, 0.2) is 0 Å². The maximum Gasteiger partial charge on any atom is 0.311 e. The van der Waals surface area contributed by atoms with Gasteiger partial charge in [-0.3, -0.25) is 9.59 Å². The second-order valence-electron chi connectivity index (χ2n) is 5.77. The lowest BCUT2D eigenvalue weighted by Gasteiger charge is -2.38. The maximum atomic E-state index is 11.8. The molecule has 1 aliphatic heterocycles. The van der Waals surface area contributed by atoms with Crippen LogP contribution < -0.4 is 5.32 Å². The molecule has 0 unspecified atom stereocenters. The number of rotatable bonds is 1. The summed E-state index contributed by atoms with van der Waals surface area (Å²) >= 11 is 0. The number of nitrogens with zero attached hydrogens (tertiary/aromatic N) is 2. The van der Waals surface area contributed by atoms with Crippen molar-refractivity contribution in [1.29, 1.82) is 5.26 Å². The molecule has 0 radical (unpaired) electrons. The van der Waals surface area contributed by atoms with Crippen molar-refractivity contribution >= 4 is 11.8 Å². The summed E-state index contributed by atoms with van der Waals surface area (Å²) in [5.74, 6) is -0.605. The van der Waals surface area contributed by atoms with E-state index in [1.807, 2.05) is 0 Å². The molecule has 1 heterocycles. The zero-order valence-corrected chi connectivity index (χ0v) is 11.3. The number of amides is 2. The molecule has 1 fully saturated rings. The molecule has 0 aliphatic carbocycles. The van der Waals surface area contributed by atoms with Crippen molar-refractivity contribution < 1.29 is 9.59 Å². The molecular formula is C13H21N3O2. The van der Waals surface area contributed by atoms with Crippen molar-refractivity contribution in [3.05, 3.63) is 0 Å².